The first-order valence-electron chi connectivity index (χ1n) is 11.9. The molecule has 1 aliphatic heterocycles. The van der Waals surface area contributed by atoms with Gasteiger partial charge in [-0.15, -0.1) is 0 Å². The second-order valence-electron chi connectivity index (χ2n) is 10.7. The van der Waals surface area contributed by atoms with Gasteiger partial charge >= 0.3 is 0 Å². The summed E-state index contributed by atoms with van der Waals surface area (Å²) < 4.78 is 2.60. The number of aryl methyl sites for hydroxylation is 1. The van der Waals surface area contributed by atoms with Crippen molar-refractivity contribution in [2.75, 3.05) is 0 Å². The Kier molecular flexibility index (Phi) is 2.80. The number of aromatic nitrogens is 1. The van der Waals surface area contributed by atoms with Gasteiger partial charge in [-0.05, 0) is 86.0 Å². The van der Waals surface area contributed by atoms with E-state index in [0.29, 0.717) is 0 Å². The van der Waals surface area contributed by atoms with Crippen LogP contribution in [0.3, 0.4) is 0 Å². The van der Waals surface area contributed by atoms with Gasteiger partial charge in [0, 0.05) is 16.2 Å². The Labute approximate surface area is 177 Å². The molecule has 0 atom stereocenters. The van der Waals surface area contributed by atoms with E-state index in [1.807, 2.05) is 0 Å². The van der Waals surface area contributed by atoms with Gasteiger partial charge in [0.15, 0.2) is 0 Å². The number of nitrogens with zero attached hydrogens (tertiary/aromatic N) is 1. The number of para-hydroxylation sites is 2. The normalized spacial score (nSPS) is 33.0. The van der Waals surface area contributed by atoms with Crippen molar-refractivity contribution in [2.24, 2.45) is 23.7 Å². The molecular weight excluding hydrogens is 362 g/mol. The minimum atomic E-state index is 0.221. The monoisotopic (exact) mass is 389 g/mol. The van der Waals surface area contributed by atoms with E-state index in [0.717, 1.165) is 23.7 Å². The first-order valence-corrected chi connectivity index (χ1v) is 11.9. The number of rotatable bonds is 0. The maximum absolute atomic E-state index is 2.60. The third kappa shape index (κ3) is 1.67. The van der Waals surface area contributed by atoms with Crippen LogP contribution in [-0.4, -0.2) is 4.57 Å². The molecule has 0 unspecified atom stereocenters. The molecule has 4 aliphatic carbocycles. The van der Waals surface area contributed by atoms with Crippen molar-refractivity contribution in [3.8, 4) is 5.69 Å². The predicted octanol–water partition coefficient (Wildman–Crippen LogP) is 7.15. The van der Waals surface area contributed by atoms with Crippen molar-refractivity contribution in [2.45, 2.75) is 44.4 Å². The number of hydrogen-bond donors (Lipinski definition) is 0. The summed E-state index contributed by atoms with van der Waals surface area (Å²) in [5, 5.41) is 2.85. The Morgan fingerprint density at radius 1 is 0.733 bits per heavy atom. The van der Waals surface area contributed by atoms with Crippen LogP contribution in [0.4, 0.5) is 0 Å². The van der Waals surface area contributed by atoms with Crippen LogP contribution in [0.15, 0.2) is 60.7 Å². The highest BCUT2D eigenvalue weighted by Crippen LogP contribution is 2.67. The summed E-state index contributed by atoms with van der Waals surface area (Å²) in [5.74, 6) is 3.59. The summed E-state index contributed by atoms with van der Waals surface area (Å²) in [6.45, 7) is 2.29. The van der Waals surface area contributed by atoms with Crippen molar-refractivity contribution in [1.82, 2.24) is 4.57 Å². The molecule has 0 amide bonds. The van der Waals surface area contributed by atoms with Crippen molar-refractivity contribution >= 4 is 21.8 Å². The van der Waals surface area contributed by atoms with Crippen LogP contribution in [0, 0.1) is 30.6 Å². The van der Waals surface area contributed by atoms with Crippen molar-refractivity contribution in [1.29, 1.82) is 0 Å². The van der Waals surface area contributed by atoms with E-state index in [-0.39, 0.29) is 5.41 Å². The summed E-state index contributed by atoms with van der Waals surface area (Å²) in [5.41, 5.74) is 9.23. The summed E-state index contributed by atoms with van der Waals surface area (Å²) in [4.78, 5) is 0. The summed E-state index contributed by atoms with van der Waals surface area (Å²) >= 11 is 0. The van der Waals surface area contributed by atoms with Gasteiger partial charge in [-0.1, -0.05) is 54.1 Å². The lowest BCUT2D eigenvalue weighted by Gasteiger charge is -2.63. The summed E-state index contributed by atoms with van der Waals surface area (Å²) in [7, 11) is 0. The number of fused-ring (bicyclic) bond motifs is 5. The second-order valence-corrected chi connectivity index (χ2v) is 10.7. The first kappa shape index (κ1) is 16.2. The second kappa shape index (κ2) is 5.19. The molecule has 30 heavy (non-hydrogen) atoms. The van der Waals surface area contributed by atoms with Gasteiger partial charge < -0.3 is 4.57 Å². The maximum Gasteiger partial charge on any atom is 0.0582 e. The lowest BCUT2D eigenvalue weighted by atomic mass is 9.41. The van der Waals surface area contributed by atoms with Gasteiger partial charge in [0.2, 0.25) is 0 Å². The highest BCUT2D eigenvalue weighted by atomic mass is 15.0. The highest BCUT2D eigenvalue weighted by molar-refractivity contribution is 6.11. The van der Waals surface area contributed by atoms with Crippen LogP contribution < -0.4 is 0 Å². The van der Waals surface area contributed by atoms with Gasteiger partial charge in [0.1, 0.15) is 0 Å². The van der Waals surface area contributed by atoms with E-state index in [1.54, 1.807) is 11.1 Å². The summed E-state index contributed by atoms with van der Waals surface area (Å²) in [6.07, 6.45) is 7.27. The van der Waals surface area contributed by atoms with Crippen LogP contribution in [-0.2, 0) is 5.41 Å². The SMILES string of the molecule is Cc1ccc2c(c1)C1(c3cccc4c5ccccc5n-2c34)C2CC3CC(C2)CC1C3. The first-order chi connectivity index (χ1) is 14.7. The van der Waals surface area contributed by atoms with E-state index >= 15 is 0 Å². The highest BCUT2D eigenvalue weighted by Gasteiger charge is 2.60. The molecule has 4 aromatic rings. The molecular formula is C29H27N. The lowest BCUT2D eigenvalue weighted by molar-refractivity contribution is -0.0418. The fourth-order valence-corrected chi connectivity index (χ4v) is 8.73. The zero-order valence-corrected chi connectivity index (χ0v) is 17.6. The Bertz CT molecular complexity index is 1340. The van der Waals surface area contributed by atoms with Crippen LogP contribution in [0.25, 0.3) is 27.5 Å². The van der Waals surface area contributed by atoms with E-state index in [4.69, 9.17) is 0 Å². The fraction of sp³-hybridized carbons (Fsp3) is 0.379. The van der Waals surface area contributed by atoms with Gasteiger partial charge in [0.25, 0.3) is 0 Å². The van der Waals surface area contributed by atoms with E-state index in [2.05, 4.69) is 72.2 Å². The van der Waals surface area contributed by atoms with Gasteiger partial charge in [-0.25, -0.2) is 0 Å². The quantitative estimate of drug-likeness (QED) is 0.301. The summed E-state index contributed by atoms with van der Waals surface area (Å²) in [6, 6.07) is 23.6. The Morgan fingerprint density at radius 3 is 2.27 bits per heavy atom. The zero-order chi connectivity index (χ0) is 19.6. The fourth-order valence-electron chi connectivity index (χ4n) is 8.73. The van der Waals surface area contributed by atoms with E-state index in [9.17, 15) is 0 Å². The molecule has 1 spiro atoms. The number of hydrogen-bond acceptors (Lipinski definition) is 0. The Morgan fingerprint density at radius 2 is 1.47 bits per heavy atom. The molecule has 0 N–H and O–H groups in total. The molecule has 1 aromatic heterocycles. The molecule has 4 fully saturated rings. The average molecular weight is 390 g/mol. The predicted molar refractivity (Wildman–Crippen MR) is 123 cm³/mol. The molecule has 4 saturated carbocycles. The van der Waals surface area contributed by atoms with Crippen LogP contribution in [0.2, 0.25) is 0 Å². The van der Waals surface area contributed by atoms with E-state index in [1.165, 1.54) is 65.2 Å². The minimum absolute atomic E-state index is 0.221. The molecule has 3 aromatic carbocycles. The zero-order valence-electron chi connectivity index (χ0n) is 17.6. The molecule has 4 bridgehead atoms. The molecule has 9 rings (SSSR count). The molecule has 5 aliphatic rings. The van der Waals surface area contributed by atoms with Crippen molar-refractivity contribution in [3.05, 3.63) is 77.4 Å². The molecule has 2 heterocycles. The smallest absolute Gasteiger partial charge is 0.0582 e. The van der Waals surface area contributed by atoms with Crippen LogP contribution in [0.5, 0.6) is 0 Å². The molecule has 148 valence electrons. The van der Waals surface area contributed by atoms with Crippen molar-refractivity contribution < 1.29 is 0 Å². The average Bonchev–Trinajstić information content (AvgIpc) is 3.09. The van der Waals surface area contributed by atoms with Crippen LogP contribution in [0.1, 0.15) is 48.8 Å². The van der Waals surface area contributed by atoms with Gasteiger partial charge in [-0.2, -0.15) is 0 Å². The van der Waals surface area contributed by atoms with Gasteiger partial charge in [0.05, 0.1) is 16.7 Å². The Hall–Kier alpha value is -2.54. The topological polar surface area (TPSA) is 4.93 Å². The number of benzene rings is 3. The standard InChI is InChI=1S/C29H27N/c1-17-9-10-27-25(11-17)29(20-13-18-12-19(15-20)16-21(29)14-18)24-7-4-6-23-22-5-2-3-8-26(22)30(27)28(23)24/h2-11,18-21H,12-16H2,1H3. The largest absolute Gasteiger partial charge is 0.309 e. The van der Waals surface area contributed by atoms with E-state index < -0.39 is 0 Å². The third-order valence-corrected chi connectivity index (χ3v) is 9.41. The minimum Gasteiger partial charge on any atom is -0.309 e. The molecule has 1 heteroatoms. The molecule has 0 radical (unpaired) electrons. The third-order valence-electron chi connectivity index (χ3n) is 9.41. The molecule has 0 saturated heterocycles. The lowest BCUT2D eigenvalue weighted by Crippen LogP contribution is -2.57. The Balaban J connectivity index is 1.60. The molecule has 1 nitrogen and oxygen atoms in total. The van der Waals surface area contributed by atoms with Crippen LogP contribution >= 0.6 is 0 Å². The maximum atomic E-state index is 2.60. The van der Waals surface area contributed by atoms with Crippen molar-refractivity contribution in [3.63, 3.8) is 0 Å². The van der Waals surface area contributed by atoms with Gasteiger partial charge in [-0.3, -0.25) is 0 Å².